The van der Waals surface area contributed by atoms with E-state index in [4.69, 9.17) is 19.3 Å². The van der Waals surface area contributed by atoms with Crippen molar-refractivity contribution in [2.75, 3.05) is 20.8 Å². The van der Waals surface area contributed by atoms with Crippen LogP contribution in [-0.2, 0) is 22.4 Å². The fourth-order valence-electron chi connectivity index (χ4n) is 3.40. The second kappa shape index (κ2) is 8.12. The van der Waals surface area contributed by atoms with Crippen molar-refractivity contribution in [2.24, 2.45) is 11.8 Å². The average Bonchev–Trinajstić information content (AvgIpc) is 3.01. The van der Waals surface area contributed by atoms with Gasteiger partial charge in [-0.1, -0.05) is 18.2 Å². The van der Waals surface area contributed by atoms with E-state index in [-0.39, 0.29) is 23.4 Å². The molecule has 0 bridgehead atoms. The second-order valence-electron chi connectivity index (χ2n) is 6.60. The van der Waals surface area contributed by atoms with Gasteiger partial charge in [0.25, 0.3) is 0 Å². The maximum absolute atomic E-state index is 12.2. The van der Waals surface area contributed by atoms with Crippen molar-refractivity contribution in [1.82, 2.24) is 0 Å². The van der Waals surface area contributed by atoms with Crippen LogP contribution in [0.25, 0.3) is 0 Å². The lowest BCUT2D eigenvalue weighted by Crippen LogP contribution is -2.20. The molecule has 1 N–H and O–H groups in total. The van der Waals surface area contributed by atoms with Crippen LogP contribution in [-0.4, -0.2) is 37.9 Å². The van der Waals surface area contributed by atoms with Gasteiger partial charge in [0.15, 0.2) is 11.5 Å². The Balaban J connectivity index is 1.73. The maximum atomic E-state index is 12.2. The molecule has 0 amide bonds. The first-order valence-electron chi connectivity index (χ1n) is 8.71. The molecule has 0 aromatic heterocycles. The topological polar surface area (TPSA) is 82.1 Å². The maximum Gasteiger partial charge on any atom is 0.335 e. The summed E-state index contributed by atoms with van der Waals surface area (Å²) in [4.78, 5) is 23.2. The van der Waals surface area contributed by atoms with Crippen molar-refractivity contribution in [2.45, 2.75) is 12.8 Å². The molecule has 1 saturated heterocycles. The summed E-state index contributed by atoms with van der Waals surface area (Å²) in [5.74, 6) is -0.0596. The van der Waals surface area contributed by atoms with Crippen LogP contribution in [0.4, 0.5) is 0 Å². The van der Waals surface area contributed by atoms with E-state index < -0.39 is 5.97 Å². The van der Waals surface area contributed by atoms with Gasteiger partial charge >= 0.3 is 11.9 Å². The van der Waals surface area contributed by atoms with Gasteiger partial charge in [-0.05, 0) is 48.2 Å². The quantitative estimate of drug-likeness (QED) is 0.755. The molecule has 2 aromatic rings. The number of hydrogen-bond donors (Lipinski definition) is 1. The summed E-state index contributed by atoms with van der Waals surface area (Å²) < 4.78 is 15.9. The minimum Gasteiger partial charge on any atom is -0.493 e. The Kier molecular flexibility index (Phi) is 5.64. The monoisotopic (exact) mass is 370 g/mol. The number of carboxylic acid groups (broad SMARTS) is 1. The number of rotatable bonds is 7. The second-order valence-corrected chi connectivity index (χ2v) is 6.60. The molecule has 1 fully saturated rings. The zero-order chi connectivity index (χ0) is 19.4. The third-order valence-electron chi connectivity index (χ3n) is 4.91. The fourth-order valence-corrected chi connectivity index (χ4v) is 3.40. The van der Waals surface area contributed by atoms with E-state index in [9.17, 15) is 9.59 Å². The number of aromatic carboxylic acids is 1. The molecule has 1 aliphatic heterocycles. The van der Waals surface area contributed by atoms with Crippen LogP contribution in [0.5, 0.6) is 11.5 Å². The SMILES string of the molecule is COc1ccc(CC2COC(=O)C2Cc2ccc(C(=O)O)cc2)cc1OC. The van der Waals surface area contributed by atoms with Gasteiger partial charge < -0.3 is 19.3 Å². The van der Waals surface area contributed by atoms with Crippen molar-refractivity contribution in [1.29, 1.82) is 0 Å². The van der Waals surface area contributed by atoms with Gasteiger partial charge in [-0.2, -0.15) is 0 Å². The van der Waals surface area contributed by atoms with E-state index in [1.54, 1.807) is 38.5 Å². The van der Waals surface area contributed by atoms with Gasteiger partial charge in [-0.15, -0.1) is 0 Å². The lowest BCUT2D eigenvalue weighted by molar-refractivity contribution is -0.141. The van der Waals surface area contributed by atoms with E-state index in [1.165, 1.54) is 0 Å². The molecule has 2 atom stereocenters. The van der Waals surface area contributed by atoms with E-state index in [0.29, 0.717) is 30.9 Å². The first kappa shape index (κ1) is 18.8. The Morgan fingerprint density at radius 2 is 1.70 bits per heavy atom. The summed E-state index contributed by atoms with van der Waals surface area (Å²) in [5, 5.41) is 8.99. The average molecular weight is 370 g/mol. The summed E-state index contributed by atoms with van der Waals surface area (Å²) in [6.07, 6.45) is 1.21. The van der Waals surface area contributed by atoms with Gasteiger partial charge in [-0.25, -0.2) is 4.79 Å². The molecule has 0 spiro atoms. The highest BCUT2D eigenvalue weighted by Crippen LogP contribution is 2.33. The summed E-state index contributed by atoms with van der Waals surface area (Å²) in [7, 11) is 3.18. The zero-order valence-corrected chi connectivity index (χ0v) is 15.3. The van der Waals surface area contributed by atoms with Crippen LogP contribution >= 0.6 is 0 Å². The number of carbonyl (C=O) groups is 2. The number of carboxylic acids is 1. The largest absolute Gasteiger partial charge is 0.493 e. The van der Waals surface area contributed by atoms with Gasteiger partial charge in [0.1, 0.15) is 0 Å². The molecule has 6 nitrogen and oxygen atoms in total. The normalized spacial score (nSPS) is 18.8. The number of ether oxygens (including phenoxy) is 3. The summed E-state index contributed by atoms with van der Waals surface area (Å²) in [6.45, 7) is 0.380. The molecule has 6 heteroatoms. The highest BCUT2D eigenvalue weighted by atomic mass is 16.5. The van der Waals surface area contributed by atoms with Crippen molar-refractivity contribution in [3.63, 3.8) is 0 Å². The summed E-state index contributed by atoms with van der Waals surface area (Å²) >= 11 is 0. The molecule has 0 aliphatic carbocycles. The Labute approximate surface area is 157 Å². The van der Waals surface area contributed by atoms with Crippen LogP contribution in [0.1, 0.15) is 21.5 Å². The third kappa shape index (κ3) is 4.22. The number of methoxy groups -OCH3 is 2. The lowest BCUT2D eigenvalue weighted by atomic mass is 9.85. The molecule has 0 radical (unpaired) electrons. The first-order valence-corrected chi connectivity index (χ1v) is 8.71. The molecule has 1 aliphatic rings. The minimum absolute atomic E-state index is 0.0507. The number of cyclic esters (lactones) is 1. The molecule has 2 aromatic carbocycles. The third-order valence-corrected chi connectivity index (χ3v) is 4.91. The van der Waals surface area contributed by atoms with Gasteiger partial charge in [0.2, 0.25) is 0 Å². The molecule has 2 unspecified atom stereocenters. The fraction of sp³-hybridized carbons (Fsp3) is 0.333. The number of esters is 1. The van der Waals surface area contributed by atoms with Crippen molar-refractivity contribution in [3.8, 4) is 11.5 Å². The molecular weight excluding hydrogens is 348 g/mol. The Bertz CT molecular complexity index is 827. The molecule has 1 heterocycles. The van der Waals surface area contributed by atoms with Gasteiger partial charge in [0.05, 0.1) is 32.3 Å². The Hall–Kier alpha value is -3.02. The number of hydrogen-bond acceptors (Lipinski definition) is 5. The lowest BCUT2D eigenvalue weighted by Gasteiger charge is -2.16. The number of carbonyl (C=O) groups excluding carboxylic acids is 1. The van der Waals surface area contributed by atoms with Crippen LogP contribution in [0.3, 0.4) is 0 Å². The Morgan fingerprint density at radius 3 is 2.33 bits per heavy atom. The van der Waals surface area contributed by atoms with Crippen LogP contribution in [0.2, 0.25) is 0 Å². The predicted molar refractivity (Wildman–Crippen MR) is 98.3 cm³/mol. The van der Waals surface area contributed by atoms with Crippen LogP contribution in [0, 0.1) is 11.8 Å². The van der Waals surface area contributed by atoms with Gasteiger partial charge in [0, 0.05) is 5.92 Å². The zero-order valence-electron chi connectivity index (χ0n) is 15.3. The van der Waals surface area contributed by atoms with Crippen molar-refractivity contribution < 1.29 is 28.9 Å². The molecule has 27 heavy (non-hydrogen) atoms. The predicted octanol–water partition coefficient (Wildman–Crippen LogP) is 2.98. The highest BCUT2D eigenvalue weighted by molar-refractivity contribution is 5.87. The first-order chi connectivity index (χ1) is 13.0. The number of benzene rings is 2. The summed E-state index contributed by atoms with van der Waals surface area (Å²) in [5.41, 5.74) is 2.19. The van der Waals surface area contributed by atoms with E-state index in [0.717, 1.165) is 11.1 Å². The molecule has 142 valence electrons. The molecular formula is C21H22O6. The Morgan fingerprint density at radius 1 is 1.04 bits per heavy atom. The molecule has 3 rings (SSSR count). The van der Waals surface area contributed by atoms with E-state index in [1.807, 2.05) is 18.2 Å². The highest BCUT2D eigenvalue weighted by Gasteiger charge is 2.36. The van der Waals surface area contributed by atoms with Crippen LogP contribution in [0.15, 0.2) is 42.5 Å². The minimum atomic E-state index is -0.965. The molecule has 0 saturated carbocycles. The summed E-state index contributed by atoms with van der Waals surface area (Å²) in [6, 6.07) is 12.3. The van der Waals surface area contributed by atoms with Gasteiger partial charge in [-0.3, -0.25) is 4.79 Å². The standard InChI is InChI=1S/C21H22O6/c1-25-18-8-5-14(11-19(18)26-2)9-16-12-27-21(24)17(16)10-13-3-6-15(7-4-13)20(22)23/h3-8,11,16-17H,9-10,12H2,1-2H3,(H,22,23). The van der Waals surface area contributed by atoms with Crippen molar-refractivity contribution >= 4 is 11.9 Å². The smallest absolute Gasteiger partial charge is 0.335 e. The van der Waals surface area contributed by atoms with Crippen molar-refractivity contribution in [3.05, 3.63) is 59.2 Å². The van der Waals surface area contributed by atoms with E-state index >= 15 is 0 Å². The van der Waals surface area contributed by atoms with Crippen LogP contribution < -0.4 is 9.47 Å². The van der Waals surface area contributed by atoms with E-state index in [2.05, 4.69) is 0 Å².